The van der Waals surface area contributed by atoms with Crippen LogP contribution in [0.15, 0.2) is 35.4 Å². The van der Waals surface area contributed by atoms with Gasteiger partial charge >= 0.3 is 0 Å². The van der Waals surface area contributed by atoms with Crippen LogP contribution in [0.25, 0.3) is 0 Å². The fourth-order valence-corrected chi connectivity index (χ4v) is 2.86. The van der Waals surface area contributed by atoms with Gasteiger partial charge in [-0.3, -0.25) is 0 Å². The van der Waals surface area contributed by atoms with Crippen molar-refractivity contribution in [1.82, 2.24) is 9.97 Å². The number of hydrazone groups is 1. The molecule has 1 saturated heterocycles. The lowest BCUT2D eigenvalue weighted by molar-refractivity contribution is 0.578. The van der Waals surface area contributed by atoms with Crippen molar-refractivity contribution in [3.63, 3.8) is 0 Å². The predicted molar refractivity (Wildman–Crippen MR) is 95.2 cm³/mol. The highest BCUT2D eigenvalue weighted by atomic mass is 15.3. The Morgan fingerprint density at radius 2 is 1.65 bits per heavy atom. The molecule has 1 aromatic heterocycles. The van der Waals surface area contributed by atoms with Crippen LogP contribution in [0, 0.1) is 13.8 Å². The number of rotatable bonds is 4. The van der Waals surface area contributed by atoms with Gasteiger partial charge in [-0.1, -0.05) is 12.1 Å². The summed E-state index contributed by atoms with van der Waals surface area (Å²) >= 11 is 0. The van der Waals surface area contributed by atoms with Gasteiger partial charge in [0.2, 0.25) is 5.95 Å². The minimum Gasteiger partial charge on any atom is -0.372 e. The van der Waals surface area contributed by atoms with Gasteiger partial charge in [0, 0.05) is 30.2 Å². The monoisotopic (exact) mass is 309 g/mol. The standard InChI is InChI=1S/C18H23N5/c1-14-12-15(2)21-18(20-14)22-19-13-16-6-8-17(9-7-16)23-10-4-3-5-11-23/h6-9,12-13H,3-5,10-11H2,1-2H3,(H,20,21,22). The number of benzene rings is 1. The molecule has 0 radical (unpaired) electrons. The van der Waals surface area contributed by atoms with E-state index in [9.17, 15) is 0 Å². The van der Waals surface area contributed by atoms with Crippen molar-refractivity contribution in [3.05, 3.63) is 47.3 Å². The van der Waals surface area contributed by atoms with E-state index < -0.39 is 0 Å². The molecule has 0 saturated carbocycles. The zero-order chi connectivity index (χ0) is 16.1. The number of anilines is 2. The second-order valence-electron chi connectivity index (χ2n) is 5.98. The number of aryl methyl sites for hydroxylation is 2. The molecule has 5 nitrogen and oxygen atoms in total. The van der Waals surface area contributed by atoms with Crippen LogP contribution in [0.2, 0.25) is 0 Å². The van der Waals surface area contributed by atoms with Crippen LogP contribution >= 0.6 is 0 Å². The van der Waals surface area contributed by atoms with Gasteiger partial charge < -0.3 is 4.90 Å². The lowest BCUT2D eigenvalue weighted by atomic mass is 10.1. The van der Waals surface area contributed by atoms with Gasteiger partial charge in [0.15, 0.2) is 0 Å². The predicted octanol–water partition coefficient (Wildman–Crippen LogP) is 3.53. The average molecular weight is 309 g/mol. The number of piperidine rings is 1. The fourth-order valence-electron chi connectivity index (χ4n) is 2.86. The Morgan fingerprint density at radius 1 is 1.00 bits per heavy atom. The third-order valence-electron chi connectivity index (χ3n) is 3.97. The molecule has 0 spiro atoms. The maximum absolute atomic E-state index is 4.30. The molecule has 0 unspecified atom stereocenters. The minimum atomic E-state index is 0.531. The zero-order valence-corrected chi connectivity index (χ0v) is 13.8. The maximum Gasteiger partial charge on any atom is 0.243 e. The van der Waals surface area contributed by atoms with Gasteiger partial charge in [-0.15, -0.1) is 0 Å². The summed E-state index contributed by atoms with van der Waals surface area (Å²) in [6, 6.07) is 10.5. The van der Waals surface area contributed by atoms with Crippen LogP contribution in [-0.2, 0) is 0 Å². The molecule has 0 aliphatic carbocycles. The number of nitrogens with one attached hydrogen (secondary N) is 1. The molecule has 0 bridgehead atoms. The summed E-state index contributed by atoms with van der Waals surface area (Å²) in [5.74, 6) is 0.531. The van der Waals surface area contributed by atoms with E-state index in [1.807, 2.05) is 19.9 Å². The van der Waals surface area contributed by atoms with E-state index >= 15 is 0 Å². The highest BCUT2D eigenvalue weighted by molar-refractivity contribution is 5.80. The Kier molecular flexibility index (Phi) is 4.86. The normalized spacial score (nSPS) is 15.1. The van der Waals surface area contributed by atoms with E-state index in [0.717, 1.165) is 17.0 Å². The molecule has 5 heteroatoms. The Hall–Kier alpha value is -2.43. The fraction of sp³-hybridized carbons (Fsp3) is 0.389. The summed E-state index contributed by atoms with van der Waals surface area (Å²) < 4.78 is 0. The Balaban J connectivity index is 1.61. The van der Waals surface area contributed by atoms with Gasteiger partial charge in [0.25, 0.3) is 0 Å². The van der Waals surface area contributed by atoms with E-state index in [0.29, 0.717) is 5.95 Å². The average Bonchev–Trinajstić information content (AvgIpc) is 2.55. The summed E-state index contributed by atoms with van der Waals surface area (Å²) in [5, 5.41) is 4.22. The largest absolute Gasteiger partial charge is 0.372 e. The molecule has 120 valence electrons. The number of nitrogens with zero attached hydrogens (tertiary/aromatic N) is 4. The van der Waals surface area contributed by atoms with Crippen LogP contribution in [0.3, 0.4) is 0 Å². The molecule has 2 heterocycles. The Morgan fingerprint density at radius 3 is 2.30 bits per heavy atom. The number of hydrogen-bond acceptors (Lipinski definition) is 5. The first-order valence-corrected chi connectivity index (χ1v) is 8.17. The molecule has 2 aromatic rings. The second-order valence-corrected chi connectivity index (χ2v) is 5.98. The van der Waals surface area contributed by atoms with Crippen molar-refractivity contribution in [3.8, 4) is 0 Å². The highest BCUT2D eigenvalue weighted by Crippen LogP contribution is 2.19. The van der Waals surface area contributed by atoms with E-state index in [1.165, 1.54) is 38.0 Å². The lowest BCUT2D eigenvalue weighted by Gasteiger charge is -2.28. The van der Waals surface area contributed by atoms with Gasteiger partial charge in [-0.05, 0) is 56.9 Å². The van der Waals surface area contributed by atoms with Gasteiger partial charge in [-0.2, -0.15) is 5.10 Å². The lowest BCUT2D eigenvalue weighted by Crippen LogP contribution is -2.29. The van der Waals surface area contributed by atoms with Gasteiger partial charge in [0.05, 0.1) is 6.21 Å². The van der Waals surface area contributed by atoms with Crippen LogP contribution in [0.4, 0.5) is 11.6 Å². The Bertz CT molecular complexity index is 652. The van der Waals surface area contributed by atoms with Gasteiger partial charge in [0.1, 0.15) is 0 Å². The van der Waals surface area contributed by atoms with E-state index in [4.69, 9.17) is 0 Å². The van der Waals surface area contributed by atoms with Crippen molar-refractivity contribution < 1.29 is 0 Å². The van der Waals surface area contributed by atoms with Crippen molar-refractivity contribution in [2.75, 3.05) is 23.4 Å². The first-order chi connectivity index (χ1) is 11.2. The quantitative estimate of drug-likeness (QED) is 0.693. The summed E-state index contributed by atoms with van der Waals surface area (Å²) in [7, 11) is 0. The molecule has 1 fully saturated rings. The van der Waals surface area contributed by atoms with Crippen LogP contribution < -0.4 is 10.3 Å². The molecular weight excluding hydrogens is 286 g/mol. The second kappa shape index (κ2) is 7.22. The van der Waals surface area contributed by atoms with Gasteiger partial charge in [-0.25, -0.2) is 15.4 Å². The summed E-state index contributed by atoms with van der Waals surface area (Å²) in [5.41, 5.74) is 7.11. The van der Waals surface area contributed by atoms with E-state index in [2.05, 4.69) is 49.7 Å². The van der Waals surface area contributed by atoms with Crippen molar-refractivity contribution >= 4 is 17.9 Å². The minimum absolute atomic E-state index is 0.531. The molecule has 0 amide bonds. The summed E-state index contributed by atoms with van der Waals surface area (Å²) in [4.78, 5) is 11.0. The molecule has 3 rings (SSSR count). The SMILES string of the molecule is Cc1cc(C)nc(NN=Cc2ccc(N3CCCCC3)cc2)n1. The molecule has 1 aliphatic rings. The Labute approximate surface area is 137 Å². The number of aromatic nitrogens is 2. The summed E-state index contributed by atoms with van der Waals surface area (Å²) in [6.45, 7) is 6.23. The molecule has 23 heavy (non-hydrogen) atoms. The summed E-state index contributed by atoms with van der Waals surface area (Å²) in [6.07, 6.45) is 5.74. The smallest absolute Gasteiger partial charge is 0.243 e. The zero-order valence-electron chi connectivity index (χ0n) is 13.8. The van der Waals surface area contributed by atoms with Crippen molar-refractivity contribution in [1.29, 1.82) is 0 Å². The first kappa shape index (κ1) is 15.5. The molecule has 0 atom stereocenters. The first-order valence-electron chi connectivity index (χ1n) is 8.17. The van der Waals surface area contributed by atoms with E-state index in [1.54, 1.807) is 6.21 Å². The van der Waals surface area contributed by atoms with Crippen LogP contribution in [0.5, 0.6) is 0 Å². The molecular formula is C18H23N5. The molecule has 1 aliphatic heterocycles. The maximum atomic E-state index is 4.30. The van der Waals surface area contributed by atoms with Crippen molar-refractivity contribution in [2.45, 2.75) is 33.1 Å². The third kappa shape index (κ3) is 4.28. The number of hydrogen-bond donors (Lipinski definition) is 1. The third-order valence-corrected chi connectivity index (χ3v) is 3.97. The van der Waals surface area contributed by atoms with Crippen LogP contribution in [-0.4, -0.2) is 29.3 Å². The highest BCUT2D eigenvalue weighted by Gasteiger charge is 2.10. The van der Waals surface area contributed by atoms with E-state index in [-0.39, 0.29) is 0 Å². The molecule has 1 N–H and O–H groups in total. The molecule has 1 aromatic carbocycles. The van der Waals surface area contributed by atoms with Crippen LogP contribution in [0.1, 0.15) is 36.2 Å². The van der Waals surface area contributed by atoms with Crippen molar-refractivity contribution in [2.24, 2.45) is 5.10 Å². The topological polar surface area (TPSA) is 53.4 Å².